The third-order valence-corrected chi connectivity index (χ3v) is 4.16. The molecule has 4 heteroatoms. The first-order valence-electron chi connectivity index (χ1n) is 6.36. The second-order valence-electron chi connectivity index (χ2n) is 4.56. The molecule has 1 aliphatic heterocycles. The lowest BCUT2D eigenvalue weighted by Crippen LogP contribution is -2.42. The Labute approximate surface area is 108 Å². The molecule has 0 amide bonds. The lowest BCUT2D eigenvalue weighted by Gasteiger charge is -2.31. The number of rotatable bonds is 6. The Morgan fingerprint density at radius 1 is 1.59 bits per heavy atom. The molecule has 1 fully saturated rings. The number of nitrogens with zero attached hydrogens (tertiary/aromatic N) is 1. The van der Waals surface area contributed by atoms with Crippen molar-refractivity contribution in [1.82, 2.24) is 10.2 Å². The van der Waals surface area contributed by atoms with Crippen molar-refractivity contribution >= 4 is 11.3 Å². The van der Waals surface area contributed by atoms with E-state index in [0.717, 1.165) is 26.2 Å². The van der Waals surface area contributed by atoms with Crippen LogP contribution in [0.25, 0.3) is 0 Å². The minimum absolute atomic E-state index is 0.445. The van der Waals surface area contributed by atoms with Crippen LogP contribution in [0.4, 0.5) is 0 Å². The summed E-state index contributed by atoms with van der Waals surface area (Å²) in [4.78, 5) is 3.91. The normalized spacial score (nSPS) is 21.8. The molecule has 17 heavy (non-hydrogen) atoms. The quantitative estimate of drug-likeness (QED) is 0.785. The summed E-state index contributed by atoms with van der Waals surface area (Å²) in [7, 11) is 1.82. The fraction of sp³-hybridized carbons (Fsp3) is 0.692. The van der Waals surface area contributed by atoms with E-state index >= 15 is 0 Å². The highest BCUT2D eigenvalue weighted by molar-refractivity contribution is 7.09. The number of nitrogens with one attached hydrogen (secondary N) is 1. The largest absolute Gasteiger partial charge is 0.380 e. The summed E-state index contributed by atoms with van der Waals surface area (Å²) in [6.07, 6.45) is 2.93. The predicted octanol–water partition coefficient (Wildman–Crippen LogP) is 1.95. The molecule has 2 heterocycles. The van der Waals surface area contributed by atoms with Crippen LogP contribution < -0.4 is 5.32 Å². The molecule has 0 spiro atoms. The van der Waals surface area contributed by atoms with E-state index in [9.17, 15) is 0 Å². The third kappa shape index (κ3) is 4.39. The van der Waals surface area contributed by atoms with Gasteiger partial charge in [-0.1, -0.05) is 6.07 Å². The first-order valence-corrected chi connectivity index (χ1v) is 7.24. The minimum atomic E-state index is 0.445. The Balaban J connectivity index is 1.58. The molecule has 2 rings (SSSR count). The average molecular weight is 254 g/mol. The van der Waals surface area contributed by atoms with Gasteiger partial charge >= 0.3 is 0 Å². The van der Waals surface area contributed by atoms with Crippen molar-refractivity contribution in [3.8, 4) is 0 Å². The standard InChI is InChI=1S/C13H22N2OS/c1-16-12-4-2-7-15(11-12)8-6-14-10-13-5-3-9-17-13/h3,5,9,12,14H,2,4,6-8,10-11H2,1H3. The smallest absolute Gasteiger partial charge is 0.0698 e. The van der Waals surface area contributed by atoms with Crippen molar-refractivity contribution in [2.24, 2.45) is 0 Å². The van der Waals surface area contributed by atoms with Gasteiger partial charge in [0.25, 0.3) is 0 Å². The lowest BCUT2D eigenvalue weighted by molar-refractivity contribution is 0.0318. The molecular weight excluding hydrogens is 232 g/mol. The summed E-state index contributed by atoms with van der Waals surface area (Å²) in [5, 5.41) is 5.63. The van der Waals surface area contributed by atoms with Gasteiger partial charge in [-0.25, -0.2) is 0 Å². The first-order chi connectivity index (χ1) is 8.38. The molecule has 3 nitrogen and oxygen atoms in total. The minimum Gasteiger partial charge on any atom is -0.380 e. The molecule has 1 unspecified atom stereocenters. The van der Waals surface area contributed by atoms with Crippen molar-refractivity contribution < 1.29 is 4.74 Å². The zero-order chi connectivity index (χ0) is 11.9. The van der Waals surface area contributed by atoms with Gasteiger partial charge in [-0.2, -0.15) is 0 Å². The van der Waals surface area contributed by atoms with Crippen LogP contribution >= 0.6 is 11.3 Å². The second-order valence-corrected chi connectivity index (χ2v) is 5.59. The highest BCUT2D eigenvalue weighted by Gasteiger charge is 2.18. The summed E-state index contributed by atoms with van der Waals surface area (Å²) in [6.45, 7) is 5.51. The molecule has 1 aromatic heterocycles. The average Bonchev–Trinajstić information content (AvgIpc) is 2.88. The van der Waals surface area contributed by atoms with Gasteiger partial charge < -0.3 is 10.1 Å². The van der Waals surface area contributed by atoms with Gasteiger partial charge in [-0.15, -0.1) is 11.3 Å². The van der Waals surface area contributed by atoms with Gasteiger partial charge in [-0.05, 0) is 30.8 Å². The van der Waals surface area contributed by atoms with E-state index in [4.69, 9.17) is 4.74 Å². The molecule has 1 atom stereocenters. The van der Waals surface area contributed by atoms with Crippen LogP contribution in [0, 0.1) is 0 Å². The molecule has 0 radical (unpaired) electrons. The zero-order valence-corrected chi connectivity index (χ0v) is 11.3. The summed E-state index contributed by atoms with van der Waals surface area (Å²) in [5.74, 6) is 0. The number of hydrogen-bond acceptors (Lipinski definition) is 4. The Hall–Kier alpha value is -0.420. The Kier molecular flexibility index (Phi) is 5.45. The Bertz CT molecular complexity index is 302. The molecule has 0 aromatic carbocycles. The number of piperidine rings is 1. The molecule has 0 bridgehead atoms. The summed E-state index contributed by atoms with van der Waals surface area (Å²) in [6, 6.07) is 4.29. The molecule has 96 valence electrons. The van der Waals surface area contributed by atoms with E-state index < -0.39 is 0 Å². The van der Waals surface area contributed by atoms with Crippen LogP contribution in [0.1, 0.15) is 17.7 Å². The van der Waals surface area contributed by atoms with E-state index in [1.165, 1.54) is 24.3 Å². The number of hydrogen-bond donors (Lipinski definition) is 1. The first kappa shape index (κ1) is 13.0. The lowest BCUT2D eigenvalue weighted by atomic mass is 10.1. The van der Waals surface area contributed by atoms with Gasteiger partial charge in [0.15, 0.2) is 0 Å². The molecule has 1 saturated heterocycles. The predicted molar refractivity (Wildman–Crippen MR) is 72.5 cm³/mol. The van der Waals surface area contributed by atoms with Crippen molar-refractivity contribution in [1.29, 1.82) is 0 Å². The maximum Gasteiger partial charge on any atom is 0.0698 e. The fourth-order valence-electron chi connectivity index (χ4n) is 2.27. The number of thiophene rings is 1. The topological polar surface area (TPSA) is 24.5 Å². The summed E-state index contributed by atoms with van der Waals surface area (Å²) >= 11 is 1.82. The highest BCUT2D eigenvalue weighted by Crippen LogP contribution is 2.11. The van der Waals surface area contributed by atoms with Crippen LogP contribution in [-0.4, -0.2) is 44.3 Å². The Morgan fingerprint density at radius 2 is 2.53 bits per heavy atom. The van der Waals surface area contributed by atoms with E-state index in [0.29, 0.717) is 6.10 Å². The Morgan fingerprint density at radius 3 is 3.29 bits per heavy atom. The van der Waals surface area contributed by atoms with Crippen LogP contribution in [0.3, 0.4) is 0 Å². The molecule has 1 aromatic rings. The van der Waals surface area contributed by atoms with Gasteiger partial charge in [0.05, 0.1) is 6.10 Å². The molecule has 0 saturated carbocycles. The van der Waals surface area contributed by atoms with Crippen molar-refractivity contribution in [2.45, 2.75) is 25.5 Å². The highest BCUT2D eigenvalue weighted by atomic mass is 32.1. The molecule has 1 aliphatic rings. The number of likely N-dealkylation sites (tertiary alicyclic amines) is 1. The molecular formula is C13H22N2OS. The van der Waals surface area contributed by atoms with Crippen LogP contribution in [0.15, 0.2) is 17.5 Å². The van der Waals surface area contributed by atoms with E-state index in [1.807, 2.05) is 18.4 Å². The number of ether oxygens (including phenoxy) is 1. The van der Waals surface area contributed by atoms with Crippen molar-refractivity contribution in [2.75, 3.05) is 33.3 Å². The molecule has 1 N–H and O–H groups in total. The fourth-order valence-corrected chi connectivity index (χ4v) is 2.94. The van der Waals surface area contributed by atoms with Gasteiger partial charge in [0, 0.05) is 38.2 Å². The van der Waals surface area contributed by atoms with Gasteiger partial charge in [0.1, 0.15) is 0 Å². The van der Waals surface area contributed by atoms with E-state index in [1.54, 1.807) is 0 Å². The second kappa shape index (κ2) is 7.11. The van der Waals surface area contributed by atoms with Crippen LogP contribution in [0.2, 0.25) is 0 Å². The van der Waals surface area contributed by atoms with E-state index in [2.05, 4.69) is 27.7 Å². The maximum absolute atomic E-state index is 5.43. The molecule has 0 aliphatic carbocycles. The monoisotopic (exact) mass is 254 g/mol. The number of methoxy groups -OCH3 is 1. The van der Waals surface area contributed by atoms with Gasteiger partial charge in [0.2, 0.25) is 0 Å². The summed E-state index contributed by atoms with van der Waals surface area (Å²) < 4.78 is 5.43. The van der Waals surface area contributed by atoms with Crippen molar-refractivity contribution in [3.05, 3.63) is 22.4 Å². The van der Waals surface area contributed by atoms with Gasteiger partial charge in [-0.3, -0.25) is 4.90 Å². The van der Waals surface area contributed by atoms with E-state index in [-0.39, 0.29) is 0 Å². The van der Waals surface area contributed by atoms with Crippen molar-refractivity contribution in [3.63, 3.8) is 0 Å². The van der Waals surface area contributed by atoms with Crippen LogP contribution in [-0.2, 0) is 11.3 Å². The third-order valence-electron chi connectivity index (χ3n) is 3.28. The SMILES string of the molecule is COC1CCCN(CCNCc2cccs2)C1. The van der Waals surface area contributed by atoms with Crippen LogP contribution in [0.5, 0.6) is 0 Å². The zero-order valence-electron chi connectivity index (χ0n) is 10.5. The maximum atomic E-state index is 5.43. The summed E-state index contributed by atoms with van der Waals surface area (Å²) in [5.41, 5.74) is 0.